The van der Waals surface area contributed by atoms with Gasteiger partial charge in [-0.2, -0.15) is 0 Å². The van der Waals surface area contributed by atoms with E-state index >= 15 is 0 Å². The average Bonchev–Trinajstić information content (AvgIpc) is 2.28. The summed E-state index contributed by atoms with van der Waals surface area (Å²) in [7, 11) is 0. The lowest BCUT2D eigenvalue weighted by Crippen LogP contribution is -2.25. The molecule has 1 amide bonds. The summed E-state index contributed by atoms with van der Waals surface area (Å²) in [6, 6.07) is 4.26. The molecule has 0 radical (unpaired) electrons. The van der Waals surface area contributed by atoms with Crippen LogP contribution in [0.3, 0.4) is 0 Å². The number of hydrogen-bond acceptors (Lipinski definition) is 4. The van der Waals surface area contributed by atoms with E-state index < -0.39 is 18.1 Å². The predicted octanol–water partition coefficient (Wildman–Crippen LogP) is 0.422. The predicted molar refractivity (Wildman–Crippen MR) is 61.6 cm³/mol. The van der Waals surface area contributed by atoms with Crippen LogP contribution in [0.1, 0.15) is 28.4 Å². The van der Waals surface area contributed by atoms with Crippen molar-refractivity contribution < 1.29 is 19.8 Å². The van der Waals surface area contributed by atoms with Crippen LogP contribution in [0.5, 0.6) is 0 Å². The number of rotatable bonds is 5. The molecule has 0 aromatic heterocycles. The van der Waals surface area contributed by atoms with E-state index in [1.54, 1.807) is 0 Å². The highest BCUT2D eigenvalue weighted by Crippen LogP contribution is 2.27. The molecular weight excluding hydrogens is 246 g/mol. The Bertz CT molecular complexity index is 435. The lowest BCUT2D eigenvalue weighted by atomic mass is 10.00. The van der Waals surface area contributed by atoms with Gasteiger partial charge in [-0.3, -0.25) is 9.59 Å². The molecule has 0 saturated carbocycles. The summed E-state index contributed by atoms with van der Waals surface area (Å²) in [4.78, 5) is 21.2. The third kappa shape index (κ3) is 3.52. The number of carbonyl (C=O) groups is 2. The highest BCUT2D eigenvalue weighted by Gasteiger charge is 2.22. The summed E-state index contributed by atoms with van der Waals surface area (Å²) in [5.74, 6) is -0.737. The van der Waals surface area contributed by atoms with Gasteiger partial charge in [0.05, 0.1) is 12.5 Å². The summed E-state index contributed by atoms with van der Waals surface area (Å²) in [6.45, 7) is 0. The van der Waals surface area contributed by atoms with Crippen molar-refractivity contribution in [1.82, 2.24) is 0 Å². The van der Waals surface area contributed by atoms with E-state index in [2.05, 4.69) is 0 Å². The Hall–Kier alpha value is -1.43. The van der Waals surface area contributed by atoms with Crippen molar-refractivity contribution in [3.8, 4) is 0 Å². The fourth-order valence-electron chi connectivity index (χ4n) is 1.39. The molecule has 2 atom stereocenters. The first-order valence-electron chi connectivity index (χ1n) is 4.84. The second kappa shape index (κ2) is 5.77. The molecule has 0 saturated heterocycles. The standard InChI is InChI=1S/C11H12ClNO4/c12-8-2-1-6(5-14)3-7(8)11(17)9(15)4-10(13)16/h1-3,5,9,11,15,17H,4H2,(H2,13,16). The largest absolute Gasteiger partial charge is 0.390 e. The number of halogens is 1. The van der Waals surface area contributed by atoms with E-state index in [1.165, 1.54) is 18.2 Å². The van der Waals surface area contributed by atoms with Gasteiger partial charge < -0.3 is 15.9 Å². The van der Waals surface area contributed by atoms with E-state index in [0.29, 0.717) is 11.8 Å². The van der Waals surface area contributed by atoms with Crippen molar-refractivity contribution in [3.63, 3.8) is 0 Å². The number of aliphatic hydroxyl groups is 2. The van der Waals surface area contributed by atoms with Gasteiger partial charge >= 0.3 is 0 Å². The maximum absolute atomic E-state index is 10.6. The Labute approximate surface area is 103 Å². The Morgan fingerprint density at radius 2 is 2.12 bits per heavy atom. The highest BCUT2D eigenvalue weighted by molar-refractivity contribution is 6.31. The van der Waals surface area contributed by atoms with Gasteiger partial charge in [0.1, 0.15) is 12.4 Å². The fraction of sp³-hybridized carbons (Fsp3) is 0.273. The molecule has 6 heteroatoms. The van der Waals surface area contributed by atoms with E-state index in [1.807, 2.05) is 0 Å². The molecule has 0 fully saturated rings. The first kappa shape index (κ1) is 13.6. The normalized spacial score (nSPS) is 14.1. The topological polar surface area (TPSA) is 101 Å². The van der Waals surface area contributed by atoms with Gasteiger partial charge in [0.25, 0.3) is 0 Å². The first-order chi connectivity index (χ1) is 7.95. The number of carbonyl (C=O) groups excluding carboxylic acids is 2. The van der Waals surface area contributed by atoms with Crippen molar-refractivity contribution in [2.45, 2.75) is 18.6 Å². The maximum atomic E-state index is 10.6. The van der Waals surface area contributed by atoms with Crippen molar-refractivity contribution >= 4 is 23.8 Å². The second-order valence-corrected chi connectivity index (χ2v) is 3.99. The number of aldehydes is 1. The summed E-state index contributed by atoms with van der Waals surface area (Å²) >= 11 is 5.83. The van der Waals surface area contributed by atoms with Gasteiger partial charge in [-0.1, -0.05) is 17.7 Å². The summed E-state index contributed by atoms with van der Waals surface area (Å²) in [5, 5.41) is 19.5. The van der Waals surface area contributed by atoms with Crippen LogP contribution in [0.15, 0.2) is 18.2 Å². The van der Waals surface area contributed by atoms with E-state index in [9.17, 15) is 19.8 Å². The molecule has 0 aliphatic heterocycles. The van der Waals surface area contributed by atoms with Gasteiger partial charge in [-0.25, -0.2) is 0 Å². The van der Waals surface area contributed by atoms with Gasteiger partial charge in [0, 0.05) is 16.1 Å². The lowest BCUT2D eigenvalue weighted by Gasteiger charge is -2.18. The molecule has 0 spiro atoms. The Balaban J connectivity index is 2.97. The summed E-state index contributed by atoms with van der Waals surface area (Å²) < 4.78 is 0. The monoisotopic (exact) mass is 257 g/mol. The zero-order valence-electron chi connectivity index (χ0n) is 8.84. The van der Waals surface area contributed by atoms with E-state index in [4.69, 9.17) is 17.3 Å². The molecule has 4 N–H and O–H groups in total. The van der Waals surface area contributed by atoms with Crippen LogP contribution in [-0.4, -0.2) is 28.5 Å². The molecule has 17 heavy (non-hydrogen) atoms. The van der Waals surface area contributed by atoms with Crippen LogP contribution in [0, 0.1) is 0 Å². The molecule has 0 heterocycles. The molecule has 1 aromatic carbocycles. The van der Waals surface area contributed by atoms with E-state index in [0.717, 1.165) is 0 Å². The molecule has 0 bridgehead atoms. The minimum absolute atomic E-state index is 0.185. The van der Waals surface area contributed by atoms with Crippen LogP contribution in [0.25, 0.3) is 0 Å². The van der Waals surface area contributed by atoms with E-state index in [-0.39, 0.29) is 17.0 Å². The molecular formula is C11H12ClNO4. The van der Waals surface area contributed by atoms with Crippen LogP contribution < -0.4 is 5.73 Å². The highest BCUT2D eigenvalue weighted by atomic mass is 35.5. The number of primary amides is 1. The molecule has 5 nitrogen and oxygen atoms in total. The summed E-state index contributed by atoms with van der Waals surface area (Å²) in [5.41, 5.74) is 5.40. The minimum atomic E-state index is -1.37. The third-order valence-corrected chi connectivity index (χ3v) is 2.59. The molecule has 1 aromatic rings. The molecule has 92 valence electrons. The van der Waals surface area contributed by atoms with Crippen LogP contribution in [-0.2, 0) is 4.79 Å². The quantitative estimate of drug-likeness (QED) is 0.666. The first-order valence-corrected chi connectivity index (χ1v) is 5.22. The second-order valence-electron chi connectivity index (χ2n) is 3.58. The van der Waals surface area contributed by atoms with Crippen LogP contribution in [0.2, 0.25) is 5.02 Å². The molecule has 0 aliphatic rings. The maximum Gasteiger partial charge on any atom is 0.220 e. The fourth-order valence-corrected chi connectivity index (χ4v) is 1.62. The smallest absolute Gasteiger partial charge is 0.220 e. The van der Waals surface area contributed by atoms with Crippen molar-refractivity contribution in [2.75, 3.05) is 0 Å². The molecule has 2 unspecified atom stereocenters. The Morgan fingerprint density at radius 3 is 2.65 bits per heavy atom. The van der Waals surface area contributed by atoms with Crippen LogP contribution >= 0.6 is 11.6 Å². The van der Waals surface area contributed by atoms with Crippen LogP contribution in [0.4, 0.5) is 0 Å². The van der Waals surface area contributed by atoms with Crippen molar-refractivity contribution in [2.24, 2.45) is 5.73 Å². The van der Waals surface area contributed by atoms with Gasteiger partial charge in [0.15, 0.2) is 0 Å². The van der Waals surface area contributed by atoms with Crippen molar-refractivity contribution in [1.29, 1.82) is 0 Å². The molecule has 1 rings (SSSR count). The zero-order valence-corrected chi connectivity index (χ0v) is 9.59. The Kier molecular flexibility index (Phi) is 4.62. The third-order valence-electron chi connectivity index (χ3n) is 2.25. The lowest BCUT2D eigenvalue weighted by molar-refractivity contribution is -0.121. The molecule has 0 aliphatic carbocycles. The SMILES string of the molecule is NC(=O)CC(O)C(O)c1cc(C=O)ccc1Cl. The number of hydrogen-bond donors (Lipinski definition) is 3. The van der Waals surface area contributed by atoms with Crippen molar-refractivity contribution in [3.05, 3.63) is 34.3 Å². The number of benzene rings is 1. The number of aliphatic hydroxyl groups excluding tert-OH is 2. The van der Waals surface area contributed by atoms with Gasteiger partial charge in [-0.05, 0) is 12.1 Å². The number of amides is 1. The summed E-state index contributed by atoms with van der Waals surface area (Å²) in [6.07, 6.45) is -2.52. The number of nitrogens with two attached hydrogens (primary N) is 1. The van der Waals surface area contributed by atoms with Gasteiger partial charge in [-0.15, -0.1) is 0 Å². The Morgan fingerprint density at radius 1 is 1.47 bits per heavy atom. The minimum Gasteiger partial charge on any atom is -0.390 e. The zero-order chi connectivity index (χ0) is 13.0. The average molecular weight is 258 g/mol. The van der Waals surface area contributed by atoms with Gasteiger partial charge in [0.2, 0.25) is 5.91 Å².